The van der Waals surface area contributed by atoms with E-state index in [1.165, 1.54) is 0 Å². The molecule has 3 saturated heterocycles. The number of imide groups is 2. The fourth-order valence-corrected chi connectivity index (χ4v) is 5.04. The number of carbonyl (C=O) groups is 4. The second-order valence-electron chi connectivity index (χ2n) is 8.86. The highest BCUT2D eigenvalue weighted by Crippen LogP contribution is 2.30. The topological polar surface area (TPSA) is 108 Å². The summed E-state index contributed by atoms with van der Waals surface area (Å²) in [6.45, 7) is 4.98. The largest absolute Gasteiger partial charge is 0.378 e. The number of hydrogen-bond donors (Lipinski definition) is 2. The molecule has 1 unspecified atom stereocenters. The molecular weight excluding hydrogens is 400 g/mol. The van der Waals surface area contributed by atoms with Crippen LogP contribution in [0.4, 0.5) is 0 Å². The third-order valence-electron chi connectivity index (χ3n) is 6.85. The predicted molar refractivity (Wildman–Crippen MR) is 109 cm³/mol. The van der Waals surface area contributed by atoms with Crippen molar-refractivity contribution in [2.45, 2.75) is 43.8 Å². The second-order valence-corrected chi connectivity index (χ2v) is 8.86. The quantitative estimate of drug-likeness (QED) is 0.657. The van der Waals surface area contributed by atoms with E-state index in [0.717, 1.165) is 56.2 Å². The number of rotatable bonds is 3. The zero-order valence-electron chi connectivity index (χ0n) is 17.3. The van der Waals surface area contributed by atoms with Gasteiger partial charge in [0.15, 0.2) is 0 Å². The van der Waals surface area contributed by atoms with Gasteiger partial charge >= 0.3 is 0 Å². The summed E-state index contributed by atoms with van der Waals surface area (Å²) < 4.78 is 5.66. The summed E-state index contributed by atoms with van der Waals surface area (Å²) in [5.41, 5.74) is 1.70. The zero-order valence-corrected chi connectivity index (χ0v) is 17.3. The van der Waals surface area contributed by atoms with E-state index in [-0.39, 0.29) is 24.3 Å². The molecule has 0 saturated carbocycles. The molecule has 4 heterocycles. The first-order valence-corrected chi connectivity index (χ1v) is 10.9. The molecule has 4 aliphatic rings. The molecule has 0 aliphatic carbocycles. The minimum Gasteiger partial charge on any atom is -0.378 e. The van der Waals surface area contributed by atoms with Crippen molar-refractivity contribution in [3.8, 4) is 0 Å². The number of ether oxygens (including phenoxy) is 1. The van der Waals surface area contributed by atoms with Crippen LogP contribution < -0.4 is 10.6 Å². The first kappa shape index (κ1) is 20.3. The molecule has 5 rings (SSSR count). The van der Waals surface area contributed by atoms with Crippen LogP contribution in [0, 0.1) is 0 Å². The number of carbonyl (C=O) groups excluding carboxylic acids is 4. The fourth-order valence-electron chi connectivity index (χ4n) is 5.04. The standard InChI is InChI=1S/C22H26N4O5/c27-18-4-3-17(19(28)24-18)26-20(29)15-2-1-14(11-16(15)21(26)30)12-25-8-5-22(6-9-25)13-31-10-7-23-22/h1-2,11,17,23H,3-10,12-13H2,(H,24,27,28). The molecule has 164 valence electrons. The van der Waals surface area contributed by atoms with Gasteiger partial charge < -0.3 is 10.1 Å². The van der Waals surface area contributed by atoms with Gasteiger partial charge in [-0.2, -0.15) is 0 Å². The monoisotopic (exact) mass is 426 g/mol. The van der Waals surface area contributed by atoms with E-state index in [1.807, 2.05) is 6.07 Å². The van der Waals surface area contributed by atoms with Gasteiger partial charge in [-0.25, -0.2) is 0 Å². The molecule has 9 nitrogen and oxygen atoms in total. The molecule has 3 fully saturated rings. The number of hydrogen-bond acceptors (Lipinski definition) is 7. The van der Waals surface area contributed by atoms with Gasteiger partial charge in [-0.3, -0.25) is 34.3 Å². The predicted octanol–water partition coefficient (Wildman–Crippen LogP) is 0.0422. The van der Waals surface area contributed by atoms with E-state index < -0.39 is 23.8 Å². The lowest BCUT2D eigenvalue weighted by Crippen LogP contribution is -2.59. The Kier molecular flexibility index (Phi) is 5.11. The van der Waals surface area contributed by atoms with E-state index in [4.69, 9.17) is 4.74 Å². The van der Waals surface area contributed by atoms with Gasteiger partial charge in [0.1, 0.15) is 6.04 Å². The lowest BCUT2D eigenvalue weighted by Gasteiger charge is -2.44. The van der Waals surface area contributed by atoms with Crippen LogP contribution in [0.5, 0.6) is 0 Å². The normalized spacial score (nSPS) is 26.3. The van der Waals surface area contributed by atoms with Crippen molar-refractivity contribution >= 4 is 23.6 Å². The minimum absolute atomic E-state index is 0.0809. The van der Waals surface area contributed by atoms with Crippen molar-refractivity contribution in [1.82, 2.24) is 20.4 Å². The van der Waals surface area contributed by atoms with E-state index in [9.17, 15) is 19.2 Å². The van der Waals surface area contributed by atoms with Gasteiger partial charge in [-0.05, 0) is 37.0 Å². The van der Waals surface area contributed by atoms with Crippen LogP contribution in [0.25, 0.3) is 0 Å². The Hall–Kier alpha value is -2.62. The fraction of sp³-hybridized carbons (Fsp3) is 0.545. The van der Waals surface area contributed by atoms with Crippen molar-refractivity contribution in [3.05, 3.63) is 34.9 Å². The minimum atomic E-state index is -0.933. The highest BCUT2D eigenvalue weighted by Gasteiger charge is 2.44. The number of nitrogens with zero attached hydrogens (tertiary/aromatic N) is 2. The highest BCUT2D eigenvalue weighted by atomic mass is 16.5. The van der Waals surface area contributed by atoms with Crippen LogP contribution in [0.15, 0.2) is 18.2 Å². The lowest BCUT2D eigenvalue weighted by molar-refractivity contribution is -0.136. The maximum atomic E-state index is 13.0. The Bertz CT molecular complexity index is 945. The Labute approximate surface area is 180 Å². The molecule has 2 N–H and O–H groups in total. The molecule has 1 spiro atoms. The highest BCUT2D eigenvalue weighted by molar-refractivity contribution is 6.23. The van der Waals surface area contributed by atoms with Crippen molar-refractivity contribution < 1.29 is 23.9 Å². The molecule has 1 aromatic rings. The van der Waals surface area contributed by atoms with Crippen LogP contribution in [-0.4, -0.2) is 77.9 Å². The van der Waals surface area contributed by atoms with E-state index in [0.29, 0.717) is 17.7 Å². The van der Waals surface area contributed by atoms with Crippen LogP contribution in [0.3, 0.4) is 0 Å². The molecule has 9 heteroatoms. The summed E-state index contributed by atoms with van der Waals surface area (Å²) in [6.07, 6.45) is 2.30. The van der Waals surface area contributed by atoms with E-state index in [2.05, 4.69) is 15.5 Å². The van der Waals surface area contributed by atoms with Gasteiger partial charge in [0, 0.05) is 38.1 Å². The Morgan fingerprint density at radius 3 is 2.55 bits per heavy atom. The van der Waals surface area contributed by atoms with Crippen molar-refractivity contribution in [2.24, 2.45) is 0 Å². The van der Waals surface area contributed by atoms with Crippen molar-refractivity contribution in [3.63, 3.8) is 0 Å². The third-order valence-corrected chi connectivity index (χ3v) is 6.85. The van der Waals surface area contributed by atoms with Crippen LogP contribution in [0.1, 0.15) is 52.0 Å². The number of likely N-dealkylation sites (tertiary alicyclic amines) is 1. The molecule has 1 atom stereocenters. The summed E-state index contributed by atoms with van der Waals surface area (Å²) in [4.78, 5) is 52.8. The van der Waals surface area contributed by atoms with Gasteiger partial charge in [0.25, 0.3) is 11.8 Å². The summed E-state index contributed by atoms with van der Waals surface area (Å²) in [6, 6.07) is 4.40. The van der Waals surface area contributed by atoms with Gasteiger partial charge in [-0.1, -0.05) is 6.07 Å². The summed E-state index contributed by atoms with van der Waals surface area (Å²) in [5, 5.41) is 5.83. The Morgan fingerprint density at radius 1 is 1.06 bits per heavy atom. The Morgan fingerprint density at radius 2 is 1.84 bits per heavy atom. The van der Waals surface area contributed by atoms with E-state index in [1.54, 1.807) is 12.1 Å². The first-order chi connectivity index (χ1) is 15.0. The number of fused-ring (bicyclic) bond motifs is 1. The number of piperidine rings is 2. The second kappa shape index (κ2) is 7.81. The molecular formula is C22H26N4O5. The maximum Gasteiger partial charge on any atom is 0.262 e. The van der Waals surface area contributed by atoms with Gasteiger partial charge in [0.2, 0.25) is 11.8 Å². The molecule has 31 heavy (non-hydrogen) atoms. The molecule has 4 aliphatic heterocycles. The van der Waals surface area contributed by atoms with Crippen LogP contribution >= 0.6 is 0 Å². The number of nitrogens with one attached hydrogen (secondary N) is 2. The van der Waals surface area contributed by atoms with Crippen molar-refractivity contribution in [1.29, 1.82) is 0 Å². The van der Waals surface area contributed by atoms with Gasteiger partial charge in [0.05, 0.1) is 24.3 Å². The maximum absolute atomic E-state index is 13.0. The Balaban J connectivity index is 1.27. The molecule has 4 amide bonds. The average Bonchev–Trinajstić information content (AvgIpc) is 3.01. The zero-order chi connectivity index (χ0) is 21.6. The number of morpholine rings is 1. The third kappa shape index (κ3) is 3.66. The summed E-state index contributed by atoms with van der Waals surface area (Å²) in [7, 11) is 0. The SMILES string of the molecule is O=C1CCC(N2C(=O)c3ccc(CN4CCC5(CC4)COCCN5)cc3C2=O)C(=O)N1. The smallest absolute Gasteiger partial charge is 0.262 e. The lowest BCUT2D eigenvalue weighted by atomic mass is 9.87. The van der Waals surface area contributed by atoms with Gasteiger partial charge in [-0.15, -0.1) is 0 Å². The molecule has 0 radical (unpaired) electrons. The molecule has 0 aromatic heterocycles. The molecule has 0 bridgehead atoms. The first-order valence-electron chi connectivity index (χ1n) is 10.9. The number of amides is 4. The molecule has 1 aromatic carbocycles. The van der Waals surface area contributed by atoms with Crippen molar-refractivity contribution in [2.75, 3.05) is 32.8 Å². The summed E-state index contributed by atoms with van der Waals surface area (Å²) in [5.74, 6) is -1.89. The number of benzene rings is 1. The van der Waals surface area contributed by atoms with E-state index >= 15 is 0 Å². The summed E-state index contributed by atoms with van der Waals surface area (Å²) >= 11 is 0. The average molecular weight is 426 g/mol. The van der Waals surface area contributed by atoms with Crippen LogP contribution in [-0.2, 0) is 20.9 Å². The van der Waals surface area contributed by atoms with Crippen LogP contribution in [0.2, 0.25) is 0 Å².